The van der Waals surface area contributed by atoms with Gasteiger partial charge in [-0.05, 0) is 18.9 Å². The Bertz CT molecular complexity index is 785. The molecule has 9 nitrogen and oxygen atoms in total. The largest absolute Gasteiger partial charge is 0.378 e. The van der Waals surface area contributed by atoms with Crippen LogP contribution in [0.5, 0.6) is 0 Å². The average Bonchev–Trinajstić information content (AvgIpc) is 3.17. The molecule has 1 aromatic carbocycles. The molecule has 3 N–H and O–H groups in total. The first-order valence-corrected chi connectivity index (χ1v) is 9.46. The second-order valence-corrected chi connectivity index (χ2v) is 6.29. The molecule has 0 unspecified atom stereocenters. The van der Waals surface area contributed by atoms with Crippen molar-refractivity contribution in [1.29, 1.82) is 0 Å². The Morgan fingerprint density at radius 3 is 2.68 bits per heavy atom. The van der Waals surface area contributed by atoms with Gasteiger partial charge in [0, 0.05) is 38.2 Å². The zero-order chi connectivity index (χ0) is 20.4. The normalized spacial score (nSPS) is 11.5. The van der Waals surface area contributed by atoms with Gasteiger partial charge >= 0.3 is 0 Å². The molecule has 0 aliphatic rings. The van der Waals surface area contributed by atoms with Crippen molar-refractivity contribution in [2.45, 2.75) is 39.2 Å². The number of hydrogen-bond donors (Lipinski definition) is 3. The van der Waals surface area contributed by atoms with Gasteiger partial charge in [0.1, 0.15) is 5.69 Å². The smallest absolute Gasteiger partial charge is 0.292 e. The molecule has 0 radical (unpaired) electrons. The zero-order valence-corrected chi connectivity index (χ0v) is 16.6. The van der Waals surface area contributed by atoms with Gasteiger partial charge in [-0.25, -0.2) is 0 Å². The van der Waals surface area contributed by atoms with Crippen LogP contribution in [0.25, 0.3) is 0 Å². The van der Waals surface area contributed by atoms with Gasteiger partial charge in [-0.2, -0.15) is 0 Å². The van der Waals surface area contributed by atoms with Crippen LogP contribution < -0.4 is 16.0 Å². The van der Waals surface area contributed by atoms with Crippen molar-refractivity contribution in [3.63, 3.8) is 0 Å². The summed E-state index contributed by atoms with van der Waals surface area (Å²) >= 11 is 0. The molecule has 0 spiro atoms. The third kappa shape index (κ3) is 5.97. The van der Waals surface area contributed by atoms with Crippen molar-refractivity contribution in [3.05, 3.63) is 51.9 Å². The number of para-hydroxylation sites is 2. The van der Waals surface area contributed by atoms with Crippen LogP contribution in [0.15, 0.2) is 39.8 Å². The highest BCUT2D eigenvalue weighted by Crippen LogP contribution is 2.23. The number of anilines is 1. The number of benzene rings is 1. The SMILES string of the molecule is CCC(CC)c1cc(CNC(=NC)NCCNc2ccccc2[N+](=O)[O-])on1. The predicted molar refractivity (Wildman–Crippen MR) is 110 cm³/mol. The lowest BCUT2D eigenvalue weighted by molar-refractivity contribution is -0.384. The molecule has 0 amide bonds. The third-order valence-corrected chi connectivity index (χ3v) is 4.47. The molecule has 0 bridgehead atoms. The molecule has 152 valence electrons. The molecule has 0 aliphatic carbocycles. The quantitative estimate of drug-likeness (QED) is 0.188. The Kier molecular flexibility index (Phi) is 8.26. The van der Waals surface area contributed by atoms with Crippen LogP contribution in [0.4, 0.5) is 11.4 Å². The van der Waals surface area contributed by atoms with Crippen molar-refractivity contribution in [2.75, 3.05) is 25.5 Å². The van der Waals surface area contributed by atoms with E-state index in [4.69, 9.17) is 4.52 Å². The summed E-state index contributed by atoms with van der Waals surface area (Å²) in [5.74, 6) is 1.79. The highest BCUT2D eigenvalue weighted by molar-refractivity contribution is 5.79. The van der Waals surface area contributed by atoms with Crippen LogP contribution in [0.1, 0.15) is 44.1 Å². The second-order valence-electron chi connectivity index (χ2n) is 6.29. The van der Waals surface area contributed by atoms with E-state index in [2.05, 4.69) is 39.9 Å². The van der Waals surface area contributed by atoms with E-state index in [-0.39, 0.29) is 5.69 Å². The van der Waals surface area contributed by atoms with Gasteiger partial charge in [0.15, 0.2) is 11.7 Å². The molecule has 0 fully saturated rings. The summed E-state index contributed by atoms with van der Waals surface area (Å²) in [6.45, 7) is 5.81. The topological polar surface area (TPSA) is 118 Å². The summed E-state index contributed by atoms with van der Waals surface area (Å²) in [5, 5.41) is 24.6. The molecule has 2 aromatic rings. The van der Waals surface area contributed by atoms with Crippen LogP contribution in [-0.4, -0.2) is 36.2 Å². The molecule has 28 heavy (non-hydrogen) atoms. The van der Waals surface area contributed by atoms with Crippen molar-refractivity contribution < 1.29 is 9.45 Å². The van der Waals surface area contributed by atoms with E-state index in [0.717, 1.165) is 24.3 Å². The average molecular weight is 388 g/mol. The summed E-state index contributed by atoms with van der Waals surface area (Å²) in [5.41, 5.74) is 1.54. The molecule has 0 saturated carbocycles. The first-order chi connectivity index (χ1) is 13.6. The van der Waals surface area contributed by atoms with E-state index in [1.807, 2.05) is 6.07 Å². The highest BCUT2D eigenvalue weighted by atomic mass is 16.6. The maximum absolute atomic E-state index is 11.0. The highest BCUT2D eigenvalue weighted by Gasteiger charge is 2.13. The molecular formula is C19H28N6O3. The fourth-order valence-electron chi connectivity index (χ4n) is 2.86. The molecule has 2 rings (SSSR count). The molecule has 0 saturated heterocycles. The van der Waals surface area contributed by atoms with Gasteiger partial charge < -0.3 is 20.5 Å². The summed E-state index contributed by atoms with van der Waals surface area (Å²) in [7, 11) is 1.68. The number of nitro groups is 1. The number of rotatable bonds is 10. The molecular weight excluding hydrogens is 360 g/mol. The Balaban J connectivity index is 1.77. The number of aliphatic imine (C=N–C) groups is 1. The first kappa shape index (κ1) is 21.2. The fraction of sp³-hybridized carbons (Fsp3) is 0.474. The van der Waals surface area contributed by atoms with E-state index in [1.54, 1.807) is 25.2 Å². The van der Waals surface area contributed by atoms with E-state index in [1.165, 1.54) is 6.07 Å². The van der Waals surface area contributed by atoms with Crippen LogP contribution in [0.3, 0.4) is 0 Å². The van der Waals surface area contributed by atoms with Gasteiger partial charge in [0.05, 0.1) is 17.2 Å². The standard InChI is InChI=1S/C19H28N6O3/c1-4-14(5-2)17-12-15(28-24-17)13-23-19(20-3)22-11-10-21-16-8-6-7-9-18(16)25(26)27/h6-9,12,14,21H,4-5,10-11,13H2,1-3H3,(H2,20,22,23). The first-order valence-electron chi connectivity index (χ1n) is 9.46. The van der Waals surface area contributed by atoms with Crippen molar-refractivity contribution in [3.8, 4) is 0 Å². The molecule has 0 atom stereocenters. The van der Waals surface area contributed by atoms with E-state index in [9.17, 15) is 10.1 Å². The number of hydrogen-bond acceptors (Lipinski definition) is 6. The Morgan fingerprint density at radius 2 is 2.00 bits per heavy atom. The Morgan fingerprint density at radius 1 is 1.25 bits per heavy atom. The lowest BCUT2D eigenvalue weighted by Crippen LogP contribution is -2.39. The van der Waals surface area contributed by atoms with E-state index < -0.39 is 4.92 Å². The minimum Gasteiger partial charge on any atom is -0.378 e. The lowest BCUT2D eigenvalue weighted by Gasteiger charge is -2.12. The van der Waals surface area contributed by atoms with Gasteiger partial charge in [-0.3, -0.25) is 15.1 Å². The summed E-state index contributed by atoms with van der Waals surface area (Å²) in [6, 6.07) is 8.55. The maximum atomic E-state index is 11.0. The summed E-state index contributed by atoms with van der Waals surface area (Å²) in [6.07, 6.45) is 2.07. The van der Waals surface area contributed by atoms with Gasteiger partial charge in [-0.15, -0.1) is 0 Å². The number of nitrogens with zero attached hydrogens (tertiary/aromatic N) is 3. The summed E-state index contributed by atoms with van der Waals surface area (Å²) < 4.78 is 5.39. The summed E-state index contributed by atoms with van der Waals surface area (Å²) in [4.78, 5) is 14.8. The van der Waals surface area contributed by atoms with Crippen LogP contribution in [0.2, 0.25) is 0 Å². The van der Waals surface area contributed by atoms with Gasteiger partial charge in [-0.1, -0.05) is 31.1 Å². The van der Waals surface area contributed by atoms with Crippen molar-refractivity contribution in [1.82, 2.24) is 15.8 Å². The fourth-order valence-corrected chi connectivity index (χ4v) is 2.86. The van der Waals surface area contributed by atoms with Crippen molar-refractivity contribution >= 4 is 17.3 Å². The predicted octanol–water partition coefficient (Wildman–Crippen LogP) is 3.26. The van der Waals surface area contributed by atoms with Crippen LogP contribution >= 0.6 is 0 Å². The number of nitrogens with one attached hydrogen (secondary N) is 3. The Labute approximate surface area is 164 Å². The minimum absolute atomic E-state index is 0.0589. The van der Waals surface area contributed by atoms with Gasteiger partial charge in [0.25, 0.3) is 5.69 Å². The van der Waals surface area contributed by atoms with Gasteiger partial charge in [0.2, 0.25) is 0 Å². The number of guanidine groups is 1. The van der Waals surface area contributed by atoms with Crippen LogP contribution in [0, 0.1) is 10.1 Å². The molecule has 9 heteroatoms. The van der Waals surface area contributed by atoms with Crippen molar-refractivity contribution in [2.24, 2.45) is 4.99 Å². The monoisotopic (exact) mass is 388 g/mol. The minimum atomic E-state index is -0.399. The molecule has 1 heterocycles. The molecule has 1 aromatic heterocycles. The van der Waals surface area contributed by atoms with E-state index in [0.29, 0.717) is 37.2 Å². The number of aromatic nitrogens is 1. The third-order valence-electron chi connectivity index (χ3n) is 4.47. The molecule has 0 aliphatic heterocycles. The van der Waals surface area contributed by atoms with E-state index >= 15 is 0 Å². The number of nitro benzene ring substituents is 1. The second kappa shape index (κ2) is 10.9. The van der Waals surface area contributed by atoms with Crippen LogP contribution in [-0.2, 0) is 6.54 Å². The Hall–Kier alpha value is -3.10. The maximum Gasteiger partial charge on any atom is 0.292 e. The lowest BCUT2D eigenvalue weighted by atomic mass is 9.99. The zero-order valence-electron chi connectivity index (χ0n) is 16.6.